The number of aromatic nitrogens is 8. The predicted molar refractivity (Wildman–Crippen MR) is 593 cm³/mol. The standard InChI is InChI=1S/C48H30N2S.C44H26N4S.C36H22N2S/c1-4-13-31(14-5-1)33-17-12-20-36(27-33)50-41-22-11-10-21-37(41)38-29-39-44(30-43(38)50)49(35-18-8-3-9-19-35)42-24-26-46-48(47(39)42)40-28-34(23-25-45(40)51-46)32-15-6-2-7-16-32;1-3-13-27(14-4-1)43-31-19-7-10-20-36(31)45-44(46-43)48-39-25-38-32(29-17-8-11-21-37(29)47(38)28-15-5-2-6-16-28)23-33(39)34-24-35-30-18-9-12-22-41(30)49-42(35)26-40(34)48;1-3-11-23(12-4-1)37-29-17-9-7-15-25(29)27-21-28-32(22-31(27)37)38(24-13-5-2-6-14-24)30-19-20-34-36(35(28)30)26-16-8-10-18-33(26)39-34/h1-30H;1-26H;1-22H. The Labute approximate surface area is 808 Å². The molecule has 11 heteroatoms. The maximum absolute atomic E-state index is 5.39. The molecule has 31 rings (SSSR count). The van der Waals surface area contributed by atoms with Crippen LogP contribution in [0.5, 0.6) is 0 Å². The minimum Gasteiger partial charge on any atom is -0.309 e. The molecule has 31 aromatic rings. The summed E-state index contributed by atoms with van der Waals surface area (Å²) in [6, 6.07) is 172. The van der Waals surface area contributed by atoms with Crippen molar-refractivity contribution in [1.29, 1.82) is 0 Å². The molecule has 0 aliphatic rings. The van der Waals surface area contributed by atoms with Crippen molar-refractivity contribution in [1.82, 2.24) is 37.4 Å². The Bertz CT molecular complexity index is 10500. The molecule has 0 amide bonds. The van der Waals surface area contributed by atoms with Gasteiger partial charge in [-0.15, -0.1) is 34.0 Å². The molecule has 0 saturated heterocycles. The minimum atomic E-state index is 0.666. The highest BCUT2D eigenvalue weighted by atomic mass is 32.1. The van der Waals surface area contributed by atoms with Crippen molar-refractivity contribution in [2.24, 2.45) is 0 Å². The third-order valence-electron chi connectivity index (χ3n) is 28.5. The molecule has 0 spiro atoms. The molecular formula is C128H78N8S3. The van der Waals surface area contributed by atoms with E-state index >= 15 is 0 Å². The summed E-state index contributed by atoms with van der Waals surface area (Å²) in [6.45, 7) is 0. The highest BCUT2D eigenvalue weighted by Crippen LogP contribution is 2.51. The van der Waals surface area contributed by atoms with Gasteiger partial charge in [0.15, 0.2) is 0 Å². The van der Waals surface area contributed by atoms with E-state index in [-0.39, 0.29) is 0 Å². The molecule has 0 unspecified atom stereocenters. The zero-order valence-corrected chi connectivity index (χ0v) is 77.3. The summed E-state index contributed by atoms with van der Waals surface area (Å²) in [5, 5.41) is 24.1. The Balaban J connectivity index is 0.000000101. The van der Waals surface area contributed by atoms with Crippen molar-refractivity contribution in [3.63, 3.8) is 0 Å². The third-order valence-corrected chi connectivity index (χ3v) is 31.9. The van der Waals surface area contributed by atoms with Gasteiger partial charge in [-0.2, -0.15) is 0 Å². The number of hydrogen-bond acceptors (Lipinski definition) is 5. The van der Waals surface area contributed by atoms with Crippen LogP contribution in [0.3, 0.4) is 0 Å². The van der Waals surface area contributed by atoms with Crippen LogP contribution in [0.1, 0.15) is 0 Å². The average molecular weight is 1820 g/mol. The largest absolute Gasteiger partial charge is 0.309 e. The Morgan fingerprint density at radius 2 is 0.475 bits per heavy atom. The summed E-state index contributed by atoms with van der Waals surface area (Å²) >= 11 is 5.61. The zero-order valence-electron chi connectivity index (χ0n) is 74.8. The van der Waals surface area contributed by atoms with Crippen LogP contribution in [-0.2, 0) is 0 Å². The van der Waals surface area contributed by atoms with Gasteiger partial charge in [0.25, 0.3) is 0 Å². The van der Waals surface area contributed by atoms with Crippen molar-refractivity contribution < 1.29 is 0 Å². The molecule has 0 aliphatic heterocycles. The highest BCUT2D eigenvalue weighted by Gasteiger charge is 2.28. The van der Waals surface area contributed by atoms with Crippen molar-refractivity contribution in [3.8, 4) is 67.9 Å². The van der Waals surface area contributed by atoms with Gasteiger partial charge in [0.05, 0.1) is 77.4 Å². The lowest BCUT2D eigenvalue weighted by Crippen LogP contribution is -2.03. The second kappa shape index (κ2) is 31.5. The van der Waals surface area contributed by atoms with Crippen molar-refractivity contribution >= 4 is 236 Å². The lowest BCUT2D eigenvalue weighted by atomic mass is 10.0. The quantitative estimate of drug-likeness (QED) is 0.145. The van der Waals surface area contributed by atoms with E-state index in [1.807, 2.05) is 40.1 Å². The van der Waals surface area contributed by atoms with Gasteiger partial charge in [0, 0.05) is 165 Å². The Kier molecular flexibility index (Phi) is 17.9. The van der Waals surface area contributed by atoms with E-state index in [1.54, 1.807) is 0 Å². The van der Waals surface area contributed by atoms with Crippen LogP contribution < -0.4 is 0 Å². The molecule has 0 N–H and O–H groups in total. The summed E-state index contributed by atoms with van der Waals surface area (Å²) in [4.78, 5) is 10.7. The molecule has 0 fully saturated rings. The van der Waals surface area contributed by atoms with Crippen LogP contribution >= 0.6 is 34.0 Å². The minimum absolute atomic E-state index is 0.666. The number of benzene rings is 21. The first-order chi connectivity index (χ1) is 69.0. The first-order valence-corrected chi connectivity index (χ1v) is 49.7. The molecule has 0 atom stereocenters. The summed E-state index contributed by atoms with van der Waals surface area (Å²) in [5.41, 5.74) is 27.9. The topological polar surface area (TPSA) is 55.4 Å². The van der Waals surface area contributed by atoms with Crippen molar-refractivity contribution in [3.05, 3.63) is 473 Å². The van der Waals surface area contributed by atoms with E-state index in [9.17, 15) is 0 Å². The summed E-state index contributed by atoms with van der Waals surface area (Å²) < 4.78 is 22.3. The number of fused-ring (bicyclic) bond motifs is 30. The van der Waals surface area contributed by atoms with Gasteiger partial charge in [-0.3, -0.25) is 4.57 Å². The molecule has 21 aromatic carbocycles. The van der Waals surface area contributed by atoms with Gasteiger partial charge in [0.2, 0.25) is 5.95 Å². The highest BCUT2D eigenvalue weighted by molar-refractivity contribution is 7.27. The lowest BCUT2D eigenvalue weighted by molar-refractivity contribution is 1.01. The third kappa shape index (κ3) is 12.4. The Morgan fingerprint density at radius 3 is 0.986 bits per heavy atom. The van der Waals surface area contributed by atoms with E-state index in [0.717, 1.165) is 55.8 Å². The summed E-state index contributed by atoms with van der Waals surface area (Å²) in [6.07, 6.45) is 0. The molecule has 10 heterocycles. The van der Waals surface area contributed by atoms with E-state index in [1.165, 1.54) is 208 Å². The van der Waals surface area contributed by atoms with Crippen LogP contribution in [0.4, 0.5) is 0 Å². The van der Waals surface area contributed by atoms with E-state index in [0.29, 0.717) is 5.95 Å². The summed E-state index contributed by atoms with van der Waals surface area (Å²) in [7, 11) is 0. The number of thiophene rings is 3. The van der Waals surface area contributed by atoms with Gasteiger partial charge in [-0.05, 0) is 204 Å². The van der Waals surface area contributed by atoms with E-state index in [4.69, 9.17) is 9.97 Å². The Morgan fingerprint density at radius 1 is 0.144 bits per heavy atom. The second-order valence-corrected chi connectivity index (χ2v) is 39.4. The fourth-order valence-corrected chi connectivity index (χ4v) is 25.8. The number of rotatable bonds is 9. The fourth-order valence-electron chi connectivity index (χ4n) is 22.5. The lowest BCUT2D eigenvalue weighted by Gasteiger charge is -2.12. The van der Waals surface area contributed by atoms with Crippen LogP contribution in [0.15, 0.2) is 473 Å². The van der Waals surface area contributed by atoms with Crippen molar-refractivity contribution in [2.45, 2.75) is 0 Å². The van der Waals surface area contributed by atoms with Gasteiger partial charge in [-0.1, -0.05) is 291 Å². The first kappa shape index (κ1) is 78.9. The molecule has 648 valence electrons. The monoisotopic (exact) mass is 1820 g/mol. The molecule has 8 nitrogen and oxygen atoms in total. The molecule has 0 aliphatic carbocycles. The van der Waals surface area contributed by atoms with Gasteiger partial charge < -0.3 is 22.8 Å². The first-order valence-electron chi connectivity index (χ1n) is 47.2. The van der Waals surface area contributed by atoms with E-state index < -0.39 is 0 Å². The average Bonchev–Trinajstić information content (AvgIpc) is 1.55. The van der Waals surface area contributed by atoms with Crippen molar-refractivity contribution in [2.75, 3.05) is 0 Å². The van der Waals surface area contributed by atoms with Gasteiger partial charge >= 0.3 is 0 Å². The van der Waals surface area contributed by atoms with Gasteiger partial charge in [0.1, 0.15) is 0 Å². The van der Waals surface area contributed by atoms with Crippen LogP contribution in [0.2, 0.25) is 0 Å². The second-order valence-electron chi connectivity index (χ2n) is 36.1. The molecular weight excluding hydrogens is 1750 g/mol. The molecule has 0 bridgehead atoms. The summed E-state index contributed by atoms with van der Waals surface area (Å²) in [5.74, 6) is 0.666. The molecule has 139 heavy (non-hydrogen) atoms. The maximum Gasteiger partial charge on any atom is 0.235 e. The fraction of sp³-hybridized carbons (Fsp3) is 0. The number of para-hydroxylation sites is 8. The number of hydrogen-bond donors (Lipinski definition) is 0. The Hall–Kier alpha value is -17.6. The van der Waals surface area contributed by atoms with Crippen LogP contribution in [-0.4, -0.2) is 37.4 Å². The maximum atomic E-state index is 5.39. The van der Waals surface area contributed by atoms with Gasteiger partial charge in [-0.25, -0.2) is 9.97 Å². The molecule has 0 saturated carbocycles. The molecule has 0 radical (unpaired) electrons. The predicted octanol–water partition coefficient (Wildman–Crippen LogP) is 35.7. The molecule has 10 aromatic heterocycles. The van der Waals surface area contributed by atoms with E-state index in [2.05, 4.69) is 495 Å². The van der Waals surface area contributed by atoms with Crippen LogP contribution in [0.25, 0.3) is 270 Å². The normalized spacial score (nSPS) is 12.0. The SMILES string of the molecule is c1ccc(-c2cccc(-n3c4ccccc4c4cc5c6c7c(ccc6n(-c6ccccc6)c5cc43)sc3ccc(-c4ccccc4)cc37)c2)cc1.c1ccc(-c2nc(-n3c4cc5sc6ccccc6c5cc4c4cc5c6ccccc6n(-c6ccccc6)c5cc43)nc3ccccc23)cc1.c1ccc(-n2c3ccccc3c3cc4c5c6c(ccc5n(-c5ccccc5)c4cc32)sc2ccccc26)cc1. The van der Waals surface area contributed by atoms with Crippen LogP contribution in [0, 0.1) is 0 Å². The number of nitrogens with zero attached hydrogens (tertiary/aromatic N) is 8. The zero-order chi connectivity index (χ0) is 91.0. The smallest absolute Gasteiger partial charge is 0.235 e.